The summed E-state index contributed by atoms with van der Waals surface area (Å²) in [4.78, 5) is 7.47. The molecule has 0 fully saturated rings. The van der Waals surface area contributed by atoms with Gasteiger partial charge in [0.25, 0.3) is 10.0 Å². The molecule has 0 aliphatic rings. The molecule has 0 saturated carbocycles. The van der Waals surface area contributed by atoms with Crippen molar-refractivity contribution in [1.29, 1.82) is 5.41 Å². The van der Waals surface area contributed by atoms with E-state index < -0.39 is 10.0 Å². The third-order valence-corrected chi connectivity index (χ3v) is 8.84. The van der Waals surface area contributed by atoms with E-state index >= 15 is 0 Å². The van der Waals surface area contributed by atoms with Gasteiger partial charge >= 0.3 is 0 Å². The summed E-state index contributed by atoms with van der Waals surface area (Å²) in [6.45, 7) is 8.04. The molecule has 218 valence electrons. The normalized spacial score (nSPS) is 11.8. The summed E-state index contributed by atoms with van der Waals surface area (Å²) in [6.07, 6.45) is 2.11. The number of ether oxygens (including phenoxy) is 1. The van der Waals surface area contributed by atoms with Crippen LogP contribution in [0.4, 0.5) is 5.69 Å². The van der Waals surface area contributed by atoms with Crippen molar-refractivity contribution in [3.05, 3.63) is 89.2 Å². The van der Waals surface area contributed by atoms with Crippen molar-refractivity contribution in [2.75, 3.05) is 38.1 Å². The zero-order chi connectivity index (χ0) is 29.4. The highest BCUT2D eigenvalue weighted by Crippen LogP contribution is 2.25. The zero-order valence-electron chi connectivity index (χ0n) is 24.1. The quantitative estimate of drug-likeness (QED) is 0.142. The number of aromatic nitrogens is 2. The maximum absolute atomic E-state index is 13.5. The third kappa shape index (κ3) is 7.52. The highest BCUT2D eigenvalue weighted by molar-refractivity contribution is 7.92. The molecule has 9 nitrogen and oxygen atoms in total. The summed E-state index contributed by atoms with van der Waals surface area (Å²) in [7, 11) is -2.13. The van der Waals surface area contributed by atoms with Crippen molar-refractivity contribution in [2.24, 2.45) is 5.73 Å². The number of likely N-dealkylation sites (N-methyl/N-ethyl adjacent to an activating group) is 1. The molecule has 0 saturated heterocycles. The molecule has 0 amide bonds. The van der Waals surface area contributed by atoms with Gasteiger partial charge in [0.2, 0.25) is 0 Å². The highest BCUT2D eigenvalue weighted by Gasteiger charge is 2.20. The van der Waals surface area contributed by atoms with E-state index in [-0.39, 0.29) is 5.84 Å². The van der Waals surface area contributed by atoms with Crippen molar-refractivity contribution in [3.63, 3.8) is 0 Å². The van der Waals surface area contributed by atoms with Gasteiger partial charge in [-0.25, -0.2) is 13.4 Å². The minimum atomic E-state index is -3.79. The first-order valence-corrected chi connectivity index (χ1v) is 15.5. The van der Waals surface area contributed by atoms with Crippen molar-refractivity contribution < 1.29 is 13.2 Å². The second-order valence-corrected chi connectivity index (χ2v) is 11.6. The van der Waals surface area contributed by atoms with Gasteiger partial charge in [-0.05, 0) is 61.3 Å². The Morgan fingerprint density at radius 1 is 1.02 bits per heavy atom. The lowest BCUT2D eigenvalue weighted by molar-refractivity contribution is 0.187. The van der Waals surface area contributed by atoms with Crippen LogP contribution in [-0.2, 0) is 40.6 Å². The van der Waals surface area contributed by atoms with E-state index in [0.717, 1.165) is 54.0 Å². The van der Waals surface area contributed by atoms with E-state index in [1.807, 2.05) is 42.5 Å². The fraction of sp³-hybridized carbons (Fsp3) is 0.355. The Labute approximate surface area is 242 Å². The molecule has 4 N–H and O–H groups in total. The first-order valence-electron chi connectivity index (χ1n) is 14.0. The highest BCUT2D eigenvalue weighted by atomic mass is 32.2. The number of amidine groups is 1. The van der Waals surface area contributed by atoms with Gasteiger partial charge in [0.15, 0.2) is 0 Å². The van der Waals surface area contributed by atoms with Crippen molar-refractivity contribution in [2.45, 2.75) is 44.6 Å². The number of nitrogens with zero attached hydrogens (tertiary/aromatic N) is 3. The number of rotatable bonds is 15. The lowest BCUT2D eigenvalue weighted by Gasteiger charge is -2.19. The summed E-state index contributed by atoms with van der Waals surface area (Å²) in [6, 6.07) is 20.3. The molecule has 3 aromatic carbocycles. The van der Waals surface area contributed by atoms with Crippen LogP contribution in [-0.4, -0.2) is 62.1 Å². The van der Waals surface area contributed by atoms with Crippen molar-refractivity contribution in [1.82, 2.24) is 14.5 Å². The molecule has 41 heavy (non-hydrogen) atoms. The molecule has 4 rings (SSSR count). The predicted octanol–water partition coefficient (Wildman–Crippen LogP) is 4.44. The standard InChI is InChI=1S/C31H40N6O3S/c1-4-36(5-2)19-18-24-8-6-7-9-29(24)41(38,39)35-26-15-16-28-27(22-26)34-30(37(28)20-21-40-3)17-12-23-10-13-25(14-11-23)31(32)33/h6-11,13-16,22,35H,4-5,12,17-21H2,1-3H3,(H3,32,33). The Morgan fingerprint density at radius 2 is 1.76 bits per heavy atom. The first kappa shape index (κ1) is 30.2. The average Bonchev–Trinajstić information content (AvgIpc) is 3.32. The first-order chi connectivity index (χ1) is 19.7. The average molecular weight is 577 g/mol. The van der Waals surface area contributed by atoms with E-state index in [4.69, 9.17) is 20.9 Å². The van der Waals surface area contributed by atoms with E-state index in [1.165, 1.54) is 0 Å². The van der Waals surface area contributed by atoms with Gasteiger partial charge in [0.1, 0.15) is 11.7 Å². The maximum atomic E-state index is 13.5. The number of methoxy groups -OCH3 is 1. The van der Waals surface area contributed by atoms with Crippen LogP contribution in [0.1, 0.15) is 36.4 Å². The Balaban J connectivity index is 1.57. The predicted molar refractivity (Wildman–Crippen MR) is 165 cm³/mol. The van der Waals surface area contributed by atoms with Crippen LogP contribution < -0.4 is 10.5 Å². The van der Waals surface area contributed by atoms with E-state index in [2.05, 4.69) is 28.0 Å². The number of benzene rings is 3. The van der Waals surface area contributed by atoms with Crippen LogP contribution in [0.15, 0.2) is 71.6 Å². The number of imidazole rings is 1. The molecule has 0 unspecified atom stereocenters. The number of aryl methyl sites for hydroxylation is 2. The Morgan fingerprint density at radius 3 is 2.44 bits per heavy atom. The molecule has 1 aromatic heterocycles. The van der Waals surface area contributed by atoms with E-state index in [1.54, 1.807) is 31.4 Å². The summed E-state index contributed by atoms with van der Waals surface area (Å²) in [5, 5.41) is 7.58. The summed E-state index contributed by atoms with van der Waals surface area (Å²) in [5.74, 6) is 0.946. The number of nitrogens with two attached hydrogens (primary N) is 1. The van der Waals surface area contributed by atoms with E-state index in [0.29, 0.717) is 42.1 Å². The second kappa shape index (κ2) is 13.8. The summed E-state index contributed by atoms with van der Waals surface area (Å²) < 4.78 is 37.2. The van der Waals surface area contributed by atoms with Crippen LogP contribution in [0.2, 0.25) is 0 Å². The fourth-order valence-corrected chi connectivity index (χ4v) is 6.29. The number of fused-ring (bicyclic) bond motifs is 1. The summed E-state index contributed by atoms with van der Waals surface area (Å²) in [5.41, 5.74) is 10.3. The second-order valence-electron chi connectivity index (χ2n) is 9.98. The Kier molecular flexibility index (Phi) is 10.1. The Bertz CT molecular complexity index is 1580. The van der Waals surface area contributed by atoms with Gasteiger partial charge in [0.05, 0.1) is 28.2 Å². The van der Waals surface area contributed by atoms with Gasteiger partial charge in [-0.15, -0.1) is 0 Å². The fourth-order valence-electron chi connectivity index (χ4n) is 4.97. The van der Waals surface area contributed by atoms with Crippen LogP contribution in [0, 0.1) is 5.41 Å². The van der Waals surface area contributed by atoms with Crippen molar-refractivity contribution in [3.8, 4) is 0 Å². The van der Waals surface area contributed by atoms with Crippen LogP contribution in [0.3, 0.4) is 0 Å². The smallest absolute Gasteiger partial charge is 0.262 e. The molecule has 0 aliphatic heterocycles. The lowest BCUT2D eigenvalue weighted by atomic mass is 10.1. The molecule has 0 bridgehead atoms. The van der Waals surface area contributed by atoms with Crippen molar-refractivity contribution >= 4 is 32.6 Å². The molecule has 4 aromatic rings. The number of hydrogen-bond acceptors (Lipinski definition) is 6. The number of anilines is 1. The minimum Gasteiger partial charge on any atom is -0.384 e. The van der Waals surface area contributed by atoms with Gasteiger partial charge in [0, 0.05) is 32.2 Å². The molecule has 0 aliphatic carbocycles. The number of nitrogens with one attached hydrogen (secondary N) is 2. The molecule has 1 heterocycles. The molecule has 0 spiro atoms. The molecule has 0 atom stereocenters. The van der Waals surface area contributed by atoms with Crippen LogP contribution in [0.25, 0.3) is 11.0 Å². The van der Waals surface area contributed by atoms with Crippen LogP contribution >= 0.6 is 0 Å². The molecule has 0 radical (unpaired) electrons. The van der Waals surface area contributed by atoms with Crippen LogP contribution in [0.5, 0.6) is 0 Å². The Hall–Kier alpha value is -3.73. The summed E-state index contributed by atoms with van der Waals surface area (Å²) >= 11 is 0. The zero-order valence-corrected chi connectivity index (χ0v) is 24.9. The van der Waals surface area contributed by atoms with E-state index in [9.17, 15) is 8.42 Å². The van der Waals surface area contributed by atoms with Gasteiger partial charge in [-0.1, -0.05) is 56.3 Å². The lowest BCUT2D eigenvalue weighted by Crippen LogP contribution is -2.26. The molecular formula is C31H40N6O3S. The largest absolute Gasteiger partial charge is 0.384 e. The molecular weight excluding hydrogens is 536 g/mol. The molecule has 10 heteroatoms. The third-order valence-electron chi connectivity index (χ3n) is 7.35. The SMILES string of the molecule is CCN(CC)CCc1ccccc1S(=O)(=O)Nc1ccc2c(c1)nc(CCc1ccc(C(=N)N)cc1)n2CCOC. The number of nitrogen functional groups attached to an aromatic ring is 1. The van der Waals surface area contributed by atoms with Gasteiger partial charge in [-0.2, -0.15) is 0 Å². The number of hydrogen-bond donors (Lipinski definition) is 3. The van der Waals surface area contributed by atoms with Gasteiger partial charge in [-0.3, -0.25) is 10.1 Å². The maximum Gasteiger partial charge on any atom is 0.262 e. The monoisotopic (exact) mass is 576 g/mol. The topological polar surface area (TPSA) is 126 Å². The van der Waals surface area contributed by atoms with Gasteiger partial charge < -0.3 is 19.9 Å². The minimum absolute atomic E-state index is 0.0486. The number of sulfonamides is 1.